The predicted molar refractivity (Wildman–Crippen MR) is 66.7 cm³/mol. The van der Waals surface area contributed by atoms with Crippen molar-refractivity contribution in [2.75, 3.05) is 19.0 Å². The zero-order valence-electron chi connectivity index (χ0n) is 9.77. The van der Waals surface area contributed by atoms with Gasteiger partial charge in [-0.05, 0) is 42.3 Å². The first kappa shape index (κ1) is 10.3. The largest absolute Gasteiger partial charge is 0.497 e. The molecule has 0 fully saturated rings. The Bertz CT molecular complexity index is 505. The fourth-order valence-corrected chi connectivity index (χ4v) is 2.41. The Morgan fingerprint density at radius 1 is 1.35 bits per heavy atom. The summed E-state index contributed by atoms with van der Waals surface area (Å²) in [5.41, 5.74) is 2.43. The average molecular weight is 229 g/mol. The molecular formula is C14H15NO2. The Hall–Kier alpha value is -1.90. The molecular weight excluding hydrogens is 214 g/mol. The van der Waals surface area contributed by atoms with Crippen LogP contribution in [0.4, 0.5) is 5.69 Å². The lowest BCUT2D eigenvalue weighted by molar-refractivity contribution is 0.413. The van der Waals surface area contributed by atoms with Crippen molar-refractivity contribution >= 4 is 5.69 Å². The van der Waals surface area contributed by atoms with E-state index in [0.29, 0.717) is 5.92 Å². The Labute approximate surface area is 100 Å². The topological polar surface area (TPSA) is 34.4 Å². The van der Waals surface area contributed by atoms with Gasteiger partial charge < -0.3 is 14.5 Å². The van der Waals surface area contributed by atoms with Gasteiger partial charge in [0, 0.05) is 18.2 Å². The number of benzene rings is 1. The van der Waals surface area contributed by atoms with Crippen LogP contribution in [-0.4, -0.2) is 13.7 Å². The van der Waals surface area contributed by atoms with Crippen molar-refractivity contribution in [2.45, 2.75) is 12.3 Å². The molecule has 0 bridgehead atoms. The summed E-state index contributed by atoms with van der Waals surface area (Å²) in [6, 6.07) is 10.1. The van der Waals surface area contributed by atoms with Crippen molar-refractivity contribution in [3.05, 3.63) is 47.9 Å². The van der Waals surface area contributed by atoms with Gasteiger partial charge in [-0.25, -0.2) is 0 Å². The summed E-state index contributed by atoms with van der Waals surface area (Å²) in [7, 11) is 1.69. The van der Waals surface area contributed by atoms with Crippen LogP contribution in [0.3, 0.4) is 0 Å². The minimum absolute atomic E-state index is 0.330. The molecule has 1 N–H and O–H groups in total. The average Bonchev–Trinajstić information content (AvgIpc) is 2.91. The zero-order valence-corrected chi connectivity index (χ0v) is 9.77. The maximum Gasteiger partial charge on any atom is 0.119 e. The lowest BCUT2D eigenvalue weighted by atomic mass is 9.89. The first-order chi connectivity index (χ1) is 8.38. The van der Waals surface area contributed by atoms with E-state index >= 15 is 0 Å². The van der Waals surface area contributed by atoms with Crippen LogP contribution in [0.2, 0.25) is 0 Å². The second kappa shape index (κ2) is 4.17. The van der Waals surface area contributed by atoms with E-state index in [2.05, 4.69) is 17.4 Å². The zero-order chi connectivity index (χ0) is 11.7. The Kier molecular flexibility index (Phi) is 2.52. The van der Waals surface area contributed by atoms with Crippen LogP contribution in [0.5, 0.6) is 5.75 Å². The summed E-state index contributed by atoms with van der Waals surface area (Å²) in [5, 5.41) is 3.41. The summed E-state index contributed by atoms with van der Waals surface area (Å²) >= 11 is 0. The number of methoxy groups -OCH3 is 1. The highest BCUT2D eigenvalue weighted by molar-refractivity contribution is 5.59. The van der Waals surface area contributed by atoms with Gasteiger partial charge in [0.05, 0.1) is 13.4 Å². The van der Waals surface area contributed by atoms with Gasteiger partial charge in [0.2, 0.25) is 0 Å². The van der Waals surface area contributed by atoms with Gasteiger partial charge in [-0.15, -0.1) is 0 Å². The van der Waals surface area contributed by atoms with Crippen molar-refractivity contribution in [3.63, 3.8) is 0 Å². The smallest absolute Gasteiger partial charge is 0.119 e. The van der Waals surface area contributed by atoms with E-state index in [1.807, 2.05) is 18.2 Å². The molecule has 17 heavy (non-hydrogen) atoms. The highest BCUT2D eigenvalue weighted by atomic mass is 16.5. The molecule has 2 heterocycles. The molecule has 1 aromatic heterocycles. The minimum Gasteiger partial charge on any atom is -0.497 e. The third-order valence-electron chi connectivity index (χ3n) is 3.27. The number of ether oxygens (including phenoxy) is 1. The van der Waals surface area contributed by atoms with Crippen LogP contribution in [0.1, 0.15) is 23.7 Å². The van der Waals surface area contributed by atoms with Crippen LogP contribution in [-0.2, 0) is 0 Å². The molecule has 1 aliphatic heterocycles. The number of nitrogens with one attached hydrogen (secondary N) is 1. The fraction of sp³-hybridized carbons (Fsp3) is 0.286. The third kappa shape index (κ3) is 1.78. The number of rotatable bonds is 2. The van der Waals surface area contributed by atoms with Gasteiger partial charge in [-0.2, -0.15) is 0 Å². The predicted octanol–water partition coefficient (Wildman–Crippen LogP) is 3.24. The molecule has 3 rings (SSSR count). The molecule has 0 aliphatic carbocycles. The lowest BCUT2D eigenvalue weighted by Crippen LogP contribution is -2.17. The van der Waals surface area contributed by atoms with Crippen LogP contribution < -0.4 is 10.1 Å². The molecule has 0 saturated heterocycles. The van der Waals surface area contributed by atoms with Gasteiger partial charge in [-0.3, -0.25) is 0 Å². The molecule has 2 aromatic rings. The van der Waals surface area contributed by atoms with E-state index in [-0.39, 0.29) is 0 Å². The van der Waals surface area contributed by atoms with Crippen molar-refractivity contribution in [1.29, 1.82) is 0 Å². The maximum absolute atomic E-state index is 5.53. The van der Waals surface area contributed by atoms with E-state index < -0.39 is 0 Å². The molecule has 1 unspecified atom stereocenters. The summed E-state index contributed by atoms with van der Waals surface area (Å²) in [4.78, 5) is 0. The fourth-order valence-electron chi connectivity index (χ4n) is 2.41. The molecule has 88 valence electrons. The van der Waals surface area contributed by atoms with Gasteiger partial charge in [0.1, 0.15) is 11.5 Å². The standard InChI is InChI=1S/C14H15NO2/c1-16-10-4-5-13-12(9-10)11(6-7-15-13)14-3-2-8-17-14/h2-5,8-9,11,15H,6-7H2,1H3. The van der Waals surface area contributed by atoms with E-state index in [1.54, 1.807) is 13.4 Å². The molecule has 1 aliphatic rings. The lowest BCUT2D eigenvalue weighted by Gasteiger charge is -2.25. The second-order valence-corrected chi connectivity index (χ2v) is 4.24. The quantitative estimate of drug-likeness (QED) is 0.858. The number of hydrogen-bond acceptors (Lipinski definition) is 3. The number of hydrogen-bond donors (Lipinski definition) is 1. The molecule has 0 amide bonds. The molecule has 0 radical (unpaired) electrons. The summed E-state index contributed by atoms with van der Waals surface area (Å²) in [5.74, 6) is 2.25. The number of anilines is 1. The van der Waals surface area contributed by atoms with E-state index in [0.717, 1.165) is 24.5 Å². The molecule has 1 atom stereocenters. The molecule has 0 spiro atoms. The number of fused-ring (bicyclic) bond motifs is 1. The summed E-state index contributed by atoms with van der Waals surface area (Å²) < 4.78 is 10.8. The van der Waals surface area contributed by atoms with E-state index in [1.165, 1.54) is 11.3 Å². The SMILES string of the molecule is COc1ccc2c(c1)C(c1ccco1)CCN2. The third-order valence-corrected chi connectivity index (χ3v) is 3.27. The van der Waals surface area contributed by atoms with Crippen LogP contribution in [0.15, 0.2) is 41.0 Å². The van der Waals surface area contributed by atoms with Crippen molar-refractivity contribution in [2.24, 2.45) is 0 Å². The van der Waals surface area contributed by atoms with Gasteiger partial charge in [0.25, 0.3) is 0 Å². The maximum atomic E-state index is 5.53. The van der Waals surface area contributed by atoms with Crippen LogP contribution >= 0.6 is 0 Å². The monoisotopic (exact) mass is 229 g/mol. The molecule has 3 heteroatoms. The first-order valence-electron chi connectivity index (χ1n) is 5.83. The van der Waals surface area contributed by atoms with E-state index in [9.17, 15) is 0 Å². The van der Waals surface area contributed by atoms with Crippen molar-refractivity contribution in [3.8, 4) is 5.75 Å². The molecule has 3 nitrogen and oxygen atoms in total. The highest BCUT2D eigenvalue weighted by Gasteiger charge is 2.24. The summed E-state index contributed by atoms with van der Waals surface area (Å²) in [6.45, 7) is 0.977. The van der Waals surface area contributed by atoms with Crippen molar-refractivity contribution in [1.82, 2.24) is 0 Å². The molecule has 0 saturated carbocycles. The molecule has 1 aromatic carbocycles. The summed E-state index contributed by atoms with van der Waals surface area (Å²) in [6.07, 6.45) is 2.78. The minimum atomic E-state index is 0.330. The Morgan fingerprint density at radius 3 is 3.06 bits per heavy atom. The van der Waals surface area contributed by atoms with Gasteiger partial charge >= 0.3 is 0 Å². The second-order valence-electron chi connectivity index (χ2n) is 4.24. The Morgan fingerprint density at radius 2 is 2.29 bits per heavy atom. The van der Waals surface area contributed by atoms with Crippen molar-refractivity contribution < 1.29 is 9.15 Å². The normalized spacial score (nSPS) is 18.3. The van der Waals surface area contributed by atoms with Crippen LogP contribution in [0, 0.1) is 0 Å². The van der Waals surface area contributed by atoms with Crippen LogP contribution in [0.25, 0.3) is 0 Å². The Balaban J connectivity index is 2.06. The van der Waals surface area contributed by atoms with Gasteiger partial charge in [0.15, 0.2) is 0 Å². The van der Waals surface area contributed by atoms with Gasteiger partial charge in [-0.1, -0.05) is 0 Å². The van der Waals surface area contributed by atoms with E-state index in [4.69, 9.17) is 9.15 Å². The first-order valence-corrected chi connectivity index (χ1v) is 5.83. The number of furan rings is 1. The highest BCUT2D eigenvalue weighted by Crippen LogP contribution is 2.38.